The average molecular weight is 269 g/mol. The Balaban J connectivity index is 2.69. The Hall–Kier alpha value is -1.82. The number of halogens is 3. The summed E-state index contributed by atoms with van der Waals surface area (Å²) in [7, 11) is 0. The van der Waals surface area contributed by atoms with Crippen LogP contribution in [0.4, 0.5) is 13.2 Å². The summed E-state index contributed by atoms with van der Waals surface area (Å²) in [6.45, 7) is 3.38. The monoisotopic (exact) mass is 269 g/mol. The molecule has 102 valence electrons. The van der Waals surface area contributed by atoms with Gasteiger partial charge in [0.2, 0.25) is 0 Å². The van der Waals surface area contributed by atoms with Gasteiger partial charge in [-0.15, -0.1) is 0 Å². The Labute approximate surface area is 108 Å². The van der Waals surface area contributed by atoms with E-state index in [1.807, 2.05) is 13.0 Å². The molecule has 1 aromatic heterocycles. The largest absolute Gasteiger partial charge is 0.433 e. The van der Waals surface area contributed by atoms with Crippen LogP contribution in [-0.2, 0) is 12.7 Å². The molecule has 2 N–H and O–H groups in total. The number of nitrogens with zero attached hydrogens (tertiary/aromatic N) is 2. The number of hydrogen-bond acceptors (Lipinski definition) is 2. The molecule has 0 atom stereocenters. The topological polar surface area (TPSA) is 43.8 Å². The molecule has 6 heteroatoms. The summed E-state index contributed by atoms with van der Waals surface area (Å²) < 4.78 is 40.3. The predicted octanol–water partition coefficient (Wildman–Crippen LogP) is 2.97. The third kappa shape index (κ3) is 2.49. The molecule has 0 saturated heterocycles. The van der Waals surface area contributed by atoms with E-state index in [0.717, 1.165) is 15.8 Å². The highest BCUT2D eigenvalue weighted by atomic mass is 19.4. The summed E-state index contributed by atoms with van der Waals surface area (Å²) in [5.41, 5.74) is 6.57. The number of hydrogen-bond donors (Lipinski definition) is 1. The van der Waals surface area contributed by atoms with Gasteiger partial charge >= 0.3 is 6.18 Å². The van der Waals surface area contributed by atoms with E-state index < -0.39 is 11.9 Å². The number of aromatic nitrogens is 2. The lowest BCUT2D eigenvalue weighted by Gasteiger charge is -2.14. The molecule has 0 aliphatic rings. The quantitative estimate of drug-likeness (QED) is 0.910. The maximum absolute atomic E-state index is 13.1. The fourth-order valence-corrected chi connectivity index (χ4v) is 1.96. The zero-order valence-electron chi connectivity index (χ0n) is 10.6. The van der Waals surface area contributed by atoms with Gasteiger partial charge in [0, 0.05) is 12.1 Å². The molecular formula is C13H14F3N3. The zero-order chi connectivity index (χ0) is 14.2. The highest BCUT2D eigenvalue weighted by Crippen LogP contribution is 2.34. The van der Waals surface area contributed by atoms with Crippen LogP contribution in [0.2, 0.25) is 0 Å². The minimum Gasteiger partial charge on any atom is -0.326 e. The second-order valence-electron chi connectivity index (χ2n) is 4.42. The Morgan fingerprint density at radius 2 is 1.95 bits per heavy atom. The van der Waals surface area contributed by atoms with Gasteiger partial charge in [-0.2, -0.15) is 18.3 Å². The minimum atomic E-state index is -4.48. The van der Waals surface area contributed by atoms with Crippen LogP contribution in [0.25, 0.3) is 5.69 Å². The molecular weight excluding hydrogens is 255 g/mol. The molecule has 2 aromatic rings. The van der Waals surface area contributed by atoms with E-state index in [0.29, 0.717) is 5.69 Å². The van der Waals surface area contributed by atoms with Gasteiger partial charge in [-0.05, 0) is 31.0 Å². The third-order valence-corrected chi connectivity index (χ3v) is 2.93. The molecule has 0 unspecified atom stereocenters. The molecule has 0 amide bonds. The molecule has 0 saturated carbocycles. The van der Waals surface area contributed by atoms with Crippen molar-refractivity contribution < 1.29 is 13.2 Å². The molecule has 0 spiro atoms. The Morgan fingerprint density at radius 1 is 1.26 bits per heavy atom. The molecule has 0 aliphatic carbocycles. The van der Waals surface area contributed by atoms with Crippen LogP contribution >= 0.6 is 0 Å². The van der Waals surface area contributed by atoms with E-state index in [-0.39, 0.29) is 12.1 Å². The SMILES string of the molecule is Cc1ccc(C)c(-n2ncc(CN)c2C(F)(F)F)c1. The lowest BCUT2D eigenvalue weighted by Crippen LogP contribution is -2.17. The van der Waals surface area contributed by atoms with Crippen molar-refractivity contribution in [1.82, 2.24) is 9.78 Å². The van der Waals surface area contributed by atoms with Crippen molar-refractivity contribution in [2.45, 2.75) is 26.6 Å². The van der Waals surface area contributed by atoms with E-state index in [9.17, 15) is 13.2 Å². The maximum Gasteiger partial charge on any atom is 0.433 e. The second-order valence-corrected chi connectivity index (χ2v) is 4.42. The van der Waals surface area contributed by atoms with Crippen LogP contribution in [0, 0.1) is 13.8 Å². The summed E-state index contributed by atoms with van der Waals surface area (Å²) in [5.74, 6) is 0. The van der Waals surface area contributed by atoms with Crippen LogP contribution in [0.3, 0.4) is 0 Å². The first kappa shape index (κ1) is 13.6. The number of alkyl halides is 3. The predicted molar refractivity (Wildman–Crippen MR) is 65.9 cm³/mol. The van der Waals surface area contributed by atoms with Gasteiger partial charge in [-0.1, -0.05) is 12.1 Å². The molecule has 19 heavy (non-hydrogen) atoms. The van der Waals surface area contributed by atoms with Crippen molar-refractivity contribution in [3.05, 3.63) is 46.8 Å². The molecule has 0 fully saturated rings. The van der Waals surface area contributed by atoms with Crippen LogP contribution in [0.5, 0.6) is 0 Å². The molecule has 3 nitrogen and oxygen atoms in total. The van der Waals surface area contributed by atoms with Gasteiger partial charge < -0.3 is 5.73 Å². The number of rotatable bonds is 2. The summed E-state index contributed by atoms with van der Waals surface area (Å²) in [5, 5.41) is 3.84. The Morgan fingerprint density at radius 3 is 2.53 bits per heavy atom. The molecule has 0 bridgehead atoms. The molecule has 0 aliphatic heterocycles. The summed E-state index contributed by atoms with van der Waals surface area (Å²) in [6, 6.07) is 5.30. The van der Waals surface area contributed by atoms with E-state index >= 15 is 0 Å². The summed E-state index contributed by atoms with van der Waals surface area (Å²) in [4.78, 5) is 0. The van der Waals surface area contributed by atoms with Gasteiger partial charge in [0.15, 0.2) is 5.69 Å². The van der Waals surface area contributed by atoms with Crippen molar-refractivity contribution in [2.24, 2.45) is 5.73 Å². The van der Waals surface area contributed by atoms with Gasteiger partial charge in [0.1, 0.15) is 0 Å². The van der Waals surface area contributed by atoms with Crippen LogP contribution in [-0.4, -0.2) is 9.78 Å². The van der Waals surface area contributed by atoms with E-state index in [4.69, 9.17) is 5.73 Å². The lowest BCUT2D eigenvalue weighted by atomic mass is 10.1. The average Bonchev–Trinajstić information content (AvgIpc) is 2.75. The van der Waals surface area contributed by atoms with Gasteiger partial charge in [0.25, 0.3) is 0 Å². The second kappa shape index (κ2) is 4.70. The zero-order valence-corrected chi connectivity index (χ0v) is 10.6. The minimum absolute atomic E-state index is 0.00611. The first-order valence-corrected chi connectivity index (χ1v) is 5.76. The van der Waals surface area contributed by atoms with Crippen molar-refractivity contribution in [3.8, 4) is 5.69 Å². The Kier molecular flexibility index (Phi) is 3.36. The van der Waals surface area contributed by atoms with Gasteiger partial charge in [0.05, 0.1) is 11.9 Å². The number of nitrogens with two attached hydrogens (primary N) is 1. The van der Waals surface area contributed by atoms with E-state index in [2.05, 4.69) is 5.10 Å². The van der Waals surface area contributed by atoms with E-state index in [1.165, 1.54) is 6.20 Å². The first-order chi connectivity index (χ1) is 8.84. The summed E-state index contributed by atoms with van der Waals surface area (Å²) in [6.07, 6.45) is -3.31. The number of aryl methyl sites for hydroxylation is 2. The highest BCUT2D eigenvalue weighted by Gasteiger charge is 2.38. The van der Waals surface area contributed by atoms with Crippen molar-refractivity contribution in [3.63, 3.8) is 0 Å². The first-order valence-electron chi connectivity index (χ1n) is 5.76. The van der Waals surface area contributed by atoms with E-state index in [1.54, 1.807) is 19.1 Å². The lowest BCUT2D eigenvalue weighted by molar-refractivity contribution is -0.143. The molecule has 2 rings (SSSR count). The van der Waals surface area contributed by atoms with Crippen LogP contribution < -0.4 is 5.73 Å². The molecule has 1 aromatic carbocycles. The van der Waals surface area contributed by atoms with Crippen LogP contribution in [0.15, 0.2) is 24.4 Å². The van der Waals surface area contributed by atoms with Crippen molar-refractivity contribution in [1.29, 1.82) is 0 Å². The number of benzene rings is 1. The van der Waals surface area contributed by atoms with Gasteiger partial charge in [-0.3, -0.25) is 0 Å². The smallest absolute Gasteiger partial charge is 0.326 e. The van der Waals surface area contributed by atoms with Crippen molar-refractivity contribution in [2.75, 3.05) is 0 Å². The fraction of sp³-hybridized carbons (Fsp3) is 0.308. The fourth-order valence-electron chi connectivity index (χ4n) is 1.96. The standard InChI is InChI=1S/C13H14F3N3/c1-8-3-4-9(2)11(5-8)19-12(13(14,15)16)10(6-17)7-18-19/h3-5,7H,6,17H2,1-2H3. The van der Waals surface area contributed by atoms with Crippen molar-refractivity contribution >= 4 is 0 Å². The van der Waals surface area contributed by atoms with Gasteiger partial charge in [-0.25, -0.2) is 4.68 Å². The molecule has 0 radical (unpaired) electrons. The molecule has 1 heterocycles. The summed E-state index contributed by atoms with van der Waals surface area (Å²) >= 11 is 0. The highest BCUT2D eigenvalue weighted by molar-refractivity contribution is 5.45. The normalized spacial score (nSPS) is 11.9. The maximum atomic E-state index is 13.1. The Bertz CT molecular complexity index is 600. The van der Waals surface area contributed by atoms with Crippen LogP contribution in [0.1, 0.15) is 22.4 Å². The third-order valence-electron chi connectivity index (χ3n) is 2.93.